The van der Waals surface area contributed by atoms with Gasteiger partial charge >= 0.3 is 0 Å². The van der Waals surface area contributed by atoms with Gasteiger partial charge in [0.1, 0.15) is 5.82 Å². The smallest absolute Gasteiger partial charge is 0.246 e. The molecule has 1 aliphatic carbocycles. The van der Waals surface area contributed by atoms with Gasteiger partial charge in [0.25, 0.3) is 0 Å². The number of halogens is 1. The minimum Gasteiger partial charge on any atom is -0.396 e. The molecular formula is C16H21FN2O2. The van der Waals surface area contributed by atoms with Crippen molar-refractivity contribution in [2.75, 3.05) is 13.7 Å². The van der Waals surface area contributed by atoms with E-state index in [1.165, 1.54) is 18.3 Å². The summed E-state index contributed by atoms with van der Waals surface area (Å²) in [6.45, 7) is 0.233. The lowest BCUT2D eigenvalue weighted by molar-refractivity contribution is -0.127. The van der Waals surface area contributed by atoms with E-state index in [1.54, 1.807) is 18.0 Å². The molecule has 0 spiro atoms. The maximum atomic E-state index is 13.0. The van der Waals surface area contributed by atoms with Crippen molar-refractivity contribution in [1.29, 1.82) is 0 Å². The van der Waals surface area contributed by atoms with Crippen molar-refractivity contribution in [1.82, 2.24) is 9.88 Å². The number of pyridine rings is 1. The standard InChI is InChI=1S/C16H21FN2O2/c1-19(15-5-2-12(11-20)3-6-15)16(21)7-4-13-8-14(17)10-18-9-13/h4,7-10,12,15,20H,2-3,5-6,11H2,1H3/b7-4+. The lowest BCUT2D eigenvalue weighted by atomic mass is 9.86. The molecule has 1 heterocycles. The second-order valence-electron chi connectivity index (χ2n) is 5.58. The molecule has 0 atom stereocenters. The van der Waals surface area contributed by atoms with Gasteiger partial charge in [0.05, 0.1) is 6.20 Å². The Bertz CT molecular complexity index is 511. The van der Waals surface area contributed by atoms with Gasteiger partial charge in [-0.25, -0.2) is 4.39 Å². The second kappa shape index (κ2) is 7.31. The van der Waals surface area contributed by atoms with Crippen molar-refractivity contribution in [2.24, 2.45) is 5.92 Å². The minimum atomic E-state index is -0.416. The molecule has 1 aliphatic rings. The number of rotatable bonds is 4. The Kier molecular flexibility index (Phi) is 5.44. The summed E-state index contributed by atoms with van der Waals surface area (Å²) in [5, 5.41) is 9.13. The molecule has 5 heteroatoms. The van der Waals surface area contributed by atoms with Crippen molar-refractivity contribution in [2.45, 2.75) is 31.7 Å². The molecular weight excluding hydrogens is 271 g/mol. The van der Waals surface area contributed by atoms with Gasteiger partial charge in [-0.3, -0.25) is 9.78 Å². The molecule has 1 N–H and O–H groups in total. The third-order valence-corrected chi connectivity index (χ3v) is 4.11. The molecule has 0 radical (unpaired) electrons. The van der Waals surface area contributed by atoms with Crippen LogP contribution in [0.25, 0.3) is 6.08 Å². The van der Waals surface area contributed by atoms with E-state index in [9.17, 15) is 9.18 Å². The van der Waals surface area contributed by atoms with Gasteiger partial charge in [0.2, 0.25) is 5.91 Å². The molecule has 4 nitrogen and oxygen atoms in total. The van der Waals surface area contributed by atoms with Crippen LogP contribution in [-0.4, -0.2) is 40.6 Å². The first kappa shape index (κ1) is 15.6. The first-order chi connectivity index (χ1) is 10.1. The molecule has 21 heavy (non-hydrogen) atoms. The van der Waals surface area contributed by atoms with Crippen LogP contribution in [0.5, 0.6) is 0 Å². The first-order valence-electron chi connectivity index (χ1n) is 7.26. The highest BCUT2D eigenvalue weighted by molar-refractivity contribution is 5.91. The van der Waals surface area contributed by atoms with Crippen molar-refractivity contribution < 1.29 is 14.3 Å². The lowest BCUT2D eigenvalue weighted by Gasteiger charge is -2.33. The maximum Gasteiger partial charge on any atom is 0.246 e. The van der Waals surface area contributed by atoms with E-state index in [2.05, 4.69) is 4.98 Å². The fraction of sp³-hybridized carbons (Fsp3) is 0.500. The van der Waals surface area contributed by atoms with Gasteiger partial charge in [-0.05, 0) is 49.3 Å². The molecule has 1 saturated carbocycles. The van der Waals surface area contributed by atoms with E-state index in [-0.39, 0.29) is 18.6 Å². The van der Waals surface area contributed by atoms with Crippen LogP contribution in [0.1, 0.15) is 31.2 Å². The van der Waals surface area contributed by atoms with Gasteiger partial charge in [0.15, 0.2) is 0 Å². The van der Waals surface area contributed by atoms with E-state index in [1.807, 2.05) is 0 Å². The van der Waals surface area contributed by atoms with Gasteiger partial charge < -0.3 is 10.0 Å². The van der Waals surface area contributed by atoms with E-state index in [4.69, 9.17) is 5.11 Å². The number of hydrogen-bond acceptors (Lipinski definition) is 3. The van der Waals surface area contributed by atoms with Crippen LogP contribution in [0, 0.1) is 11.7 Å². The van der Waals surface area contributed by atoms with E-state index in [0.29, 0.717) is 11.5 Å². The van der Waals surface area contributed by atoms with Crippen LogP contribution in [0.2, 0.25) is 0 Å². The maximum absolute atomic E-state index is 13.0. The van der Waals surface area contributed by atoms with Crippen molar-refractivity contribution in [3.8, 4) is 0 Å². The first-order valence-corrected chi connectivity index (χ1v) is 7.26. The number of nitrogens with zero attached hydrogens (tertiary/aromatic N) is 2. The third-order valence-electron chi connectivity index (χ3n) is 4.11. The third kappa shape index (κ3) is 4.36. The highest BCUT2D eigenvalue weighted by Gasteiger charge is 2.25. The molecule has 0 aliphatic heterocycles. The van der Waals surface area contributed by atoms with Crippen LogP contribution in [0.3, 0.4) is 0 Å². The van der Waals surface area contributed by atoms with Crippen molar-refractivity contribution >= 4 is 12.0 Å². The summed E-state index contributed by atoms with van der Waals surface area (Å²) in [5.41, 5.74) is 0.570. The normalized spacial score (nSPS) is 22.4. The zero-order chi connectivity index (χ0) is 15.2. The fourth-order valence-electron chi connectivity index (χ4n) is 2.70. The Morgan fingerprint density at radius 1 is 1.43 bits per heavy atom. The Hall–Kier alpha value is -1.75. The number of aliphatic hydroxyl groups excluding tert-OH is 1. The Balaban J connectivity index is 1.91. The molecule has 1 aromatic rings. The van der Waals surface area contributed by atoms with Gasteiger partial charge in [-0.1, -0.05) is 0 Å². The predicted molar refractivity (Wildman–Crippen MR) is 78.8 cm³/mol. The molecule has 1 amide bonds. The topological polar surface area (TPSA) is 53.4 Å². The average Bonchev–Trinajstić information content (AvgIpc) is 2.52. The van der Waals surface area contributed by atoms with Crippen molar-refractivity contribution in [3.63, 3.8) is 0 Å². The van der Waals surface area contributed by atoms with Gasteiger partial charge in [0, 0.05) is 32.0 Å². The molecule has 0 aromatic carbocycles. The Morgan fingerprint density at radius 3 is 2.76 bits per heavy atom. The lowest BCUT2D eigenvalue weighted by Crippen LogP contribution is -2.39. The number of amides is 1. The molecule has 114 valence electrons. The monoisotopic (exact) mass is 292 g/mol. The van der Waals surface area contributed by atoms with Crippen LogP contribution >= 0.6 is 0 Å². The van der Waals surface area contributed by atoms with Crippen LogP contribution in [-0.2, 0) is 4.79 Å². The van der Waals surface area contributed by atoms with E-state index < -0.39 is 5.82 Å². The van der Waals surface area contributed by atoms with Crippen LogP contribution in [0.4, 0.5) is 4.39 Å². The summed E-state index contributed by atoms with van der Waals surface area (Å²) in [5.74, 6) is -0.134. The summed E-state index contributed by atoms with van der Waals surface area (Å²) in [6.07, 6.45) is 9.42. The summed E-state index contributed by atoms with van der Waals surface area (Å²) in [4.78, 5) is 17.6. The highest BCUT2D eigenvalue weighted by atomic mass is 19.1. The number of carbonyl (C=O) groups excluding carboxylic acids is 1. The van der Waals surface area contributed by atoms with E-state index in [0.717, 1.165) is 31.9 Å². The quantitative estimate of drug-likeness (QED) is 0.866. The Labute approximate surface area is 124 Å². The summed E-state index contributed by atoms with van der Waals surface area (Å²) >= 11 is 0. The minimum absolute atomic E-state index is 0.0910. The molecule has 1 aromatic heterocycles. The molecule has 1 fully saturated rings. The number of hydrogen-bond donors (Lipinski definition) is 1. The second-order valence-corrected chi connectivity index (χ2v) is 5.58. The SMILES string of the molecule is CN(C(=O)/C=C/c1cncc(F)c1)C1CCC(CO)CC1. The Morgan fingerprint density at radius 2 is 2.14 bits per heavy atom. The average molecular weight is 292 g/mol. The molecule has 2 rings (SSSR count). The number of likely N-dealkylation sites (N-methyl/N-ethyl adjacent to an activating group) is 1. The number of aromatic nitrogens is 1. The van der Waals surface area contributed by atoms with Crippen molar-refractivity contribution in [3.05, 3.63) is 35.9 Å². The molecule has 0 unspecified atom stereocenters. The summed E-state index contributed by atoms with van der Waals surface area (Å²) in [6, 6.07) is 1.55. The largest absolute Gasteiger partial charge is 0.396 e. The summed E-state index contributed by atoms with van der Waals surface area (Å²) in [7, 11) is 1.79. The van der Waals surface area contributed by atoms with Gasteiger partial charge in [-0.15, -0.1) is 0 Å². The van der Waals surface area contributed by atoms with Crippen LogP contribution in [0.15, 0.2) is 24.5 Å². The van der Waals surface area contributed by atoms with Gasteiger partial charge in [-0.2, -0.15) is 0 Å². The predicted octanol–water partition coefficient (Wildman–Crippen LogP) is 2.24. The summed E-state index contributed by atoms with van der Waals surface area (Å²) < 4.78 is 13.0. The number of carbonyl (C=O) groups is 1. The highest BCUT2D eigenvalue weighted by Crippen LogP contribution is 2.26. The van der Waals surface area contributed by atoms with E-state index >= 15 is 0 Å². The van der Waals surface area contributed by atoms with Crippen LogP contribution < -0.4 is 0 Å². The molecule has 0 bridgehead atoms. The fourth-order valence-corrected chi connectivity index (χ4v) is 2.70. The number of aliphatic hydroxyl groups is 1. The zero-order valence-electron chi connectivity index (χ0n) is 12.2. The molecule has 0 saturated heterocycles. The zero-order valence-corrected chi connectivity index (χ0v) is 12.2.